The van der Waals surface area contributed by atoms with Gasteiger partial charge in [0.25, 0.3) is 0 Å². The van der Waals surface area contributed by atoms with Gasteiger partial charge in [0, 0.05) is 0 Å². The molecular weight excluding hydrogens is 132 g/mol. The molecular formula is C11H18. The van der Waals surface area contributed by atoms with E-state index in [0.717, 1.165) is 0 Å². The zero-order valence-electron chi connectivity index (χ0n) is 8.02. The lowest BCUT2D eigenvalue weighted by Gasteiger charge is -2.31. The van der Waals surface area contributed by atoms with E-state index in [2.05, 4.69) is 45.9 Å². The van der Waals surface area contributed by atoms with Crippen LogP contribution in [0, 0.1) is 11.3 Å². The fraction of sp³-hybridized carbons (Fsp3) is 0.636. The molecule has 0 aromatic rings. The summed E-state index contributed by atoms with van der Waals surface area (Å²) in [6.45, 7) is 9.18. The highest BCUT2D eigenvalue weighted by Crippen LogP contribution is 2.37. The molecule has 1 aliphatic rings. The van der Waals surface area contributed by atoms with Crippen LogP contribution in [-0.2, 0) is 0 Å². The third-order valence-electron chi connectivity index (χ3n) is 2.44. The molecule has 0 saturated heterocycles. The van der Waals surface area contributed by atoms with Crippen LogP contribution in [0.5, 0.6) is 0 Å². The molecule has 0 heterocycles. The van der Waals surface area contributed by atoms with Crippen LogP contribution in [0.15, 0.2) is 23.8 Å². The SMILES string of the molecule is CC(C)C1=CC=CCC1(C)C. The summed E-state index contributed by atoms with van der Waals surface area (Å²) in [5, 5.41) is 0. The molecule has 0 aliphatic heterocycles. The smallest absolute Gasteiger partial charge is 0.0104 e. The first kappa shape index (κ1) is 8.58. The molecule has 0 N–H and O–H groups in total. The van der Waals surface area contributed by atoms with Gasteiger partial charge in [-0.1, -0.05) is 51.5 Å². The Labute approximate surface area is 70.0 Å². The lowest BCUT2D eigenvalue weighted by Crippen LogP contribution is -2.19. The first-order valence-corrected chi connectivity index (χ1v) is 4.41. The molecule has 0 atom stereocenters. The van der Waals surface area contributed by atoms with E-state index in [1.165, 1.54) is 6.42 Å². The Kier molecular flexibility index (Phi) is 2.22. The van der Waals surface area contributed by atoms with E-state index in [4.69, 9.17) is 0 Å². The molecule has 0 bridgehead atoms. The summed E-state index contributed by atoms with van der Waals surface area (Å²) in [5.41, 5.74) is 1.98. The van der Waals surface area contributed by atoms with Crippen LogP contribution in [0.1, 0.15) is 34.1 Å². The number of rotatable bonds is 1. The lowest BCUT2D eigenvalue weighted by atomic mass is 9.74. The zero-order chi connectivity index (χ0) is 8.48. The summed E-state index contributed by atoms with van der Waals surface area (Å²) in [5.74, 6) is 0.690. The van der Waals surface area contributed by atoms with Crippen molar-refractivity contribution in [2.24, 2.45) is 11.3 Å². The van der Waals surface area contributed by atoms with Crippen molar-refractivity contribution in [2.75, 3.05) is 0 Å². The van der Waals surface area contributed by atoms with Crippen molar-refractivity contribution in [1.82, 2.24) is 0 Å². The molecule has 0 unspecified atom stereocenters. The van der Waals surface area contributed by atoms with Crippen LogP contribution in [0.4, 0.5) is 0 Å². The maximum Gasteiger partial charge on any atom is -0.0104 e. The Morgan fingerprint density at radius 1 is 1.36 bits per heavy atom. The summed E-state index contributed by atoms with van der Waals surface area (Å²) < 4.78 is 0. The van der Waals surface area contributed by atoms with Crippen LogP contribution in [0.3, 0.4) is 0 Å². The van der Waals surface area contributed by atoms with Gasteiger partial charge >= 0.3 is 0 Å². The Morgan fingerprint density at radius 2 is 2.00 bits per heavy atom. The Morgan fingerprint density at radius 3 is 2.36 bits per heavy atom. The normalized spacial score (nSPS) is 22.1. The van der Waals surface area contributed by atoms with E-state index in [1.54, 1.807) is 5.57 Å². The van der Waals surface area contributed by atoms with Gasteiger partial charge in [-0.2, -0.15) is 0 Å². The van der Waals surface area contributed by atoms with Gasteiger partial charge in [0.05, 0.1) is 0 Å². The van der Waals surface area contributed by atoms with Crippen molar-refractivity contribution in [3.8, 4) is 0 Å². The fourth-order valence-electron chi connectivity index (χ4n) is 1.85. The molecule has 0 amide bonds. The molecule has 0 heteroatoms. The van der Waals surface area contributed by atoms with Crippen LogP contribution >= 0.6 is 0 Å². The quantitative estimate of drug-likeness (QED) is 0.536. The van der Waals surface area contributed by atoms with Crippen molar-refractivity contribution in [3.63, 3.8) is 0 Å². The molecule has 62 valence electrons. The zero-order valence-corrected chi connectivity index (χ0v) is 8.02. The van der Waals surface area contributed by atoms with Crippen molar-refractivity contribution < 1.29 is 0 Å². The highest BCUT2D eigenvalue weighted by Gasteiger charge is 2.24. The minimum absolute atomic E-state index is 0.392. The highest BCUT2D eigenvalue weighted by atomic mass is 14.3. The third kappa shape index (κ3) is 1.74. The number of allylic oxidation sites excluding steroid dienone is 4. The summed E-state index contributed by atoms with van der Waals surface area (Å²) in [6.07, 6.45) is 7.90. The van der Waals surface area contributed by atoms with Gasteiger partial charge in [-0.15, -0.1) is 0 Å². The minimum atomic E-state index is 0.392. The molecule has 0 fully saturated rings. The Hall–Kier alpha value is -0.520. The van der Waals surface area contributed by atoms with Gasteiger partial charge in [-0.25, -0.2) is 0 Å². The molecule has 0 saturated carbocycles. The van der Waals surface area contributed by atoms with Gasteiger partial charge in [0.1, 0.15) is 0 Å². The number of hydrogen-bond donors (Lipinski definition) is 0. The largest absolute Gasteiger partial charge is 0.0837 e. The maximum atomic E-state index is 2.32. The molecule has 0 aromatic heterocycles. The molecule has 0 spiro atoms. The summed E-state index contributed by atoms with van der Waals surface area (Å²) in [7, 11) is 0. The predicted octanol–water partition coefficient (Wildman–Crippen LogP) is 3.55. The van der Waals surface area contributed by atoms with E-state index in [0.29, 0.717) is 11.3 Å². The van der Waals surface area contributed by atoms with Gasteiger partial charge in [0.15, 0.2) is 0 Å². The van der Waals surface area contributed by atoms with E-state index in [1.807, 2.05) is 0 Å². The van der Waals surface area contributed by atoms with E-state index < -0.39 is 0 Å². The number of hydrogen-bond acceptors (Lipinski definition) is 0. The second kappa shape index (κ2) is 2.84. The van der Waals surface area contributed by atoms with Crippen LogP contribution in [0.25, 0.3) is 0 Å². The third-order valence-corrected chi connectivity index (χ3v) is 2.44. The Bertz CT molecular complexity index is 192. The predicted molar refractivity (Wildman–Crippen MR) is 50.5 cm³/mol. The average Bonchev–Trinajstić information content (AvgIpc) is 1.85. The molecule has 1 rings (SSSR count). The summed E-state index contributed by atoms with van der Waals surface area (Å²) in [6, 6.07) is 0. The molecule has 0 radical (unpaired) electrons. The van der Waals surface area contributed by atoms with Gasteiger partial charge in [0.2, 0.25) is 0 Å². The standard InChI is InChI=1S/C11H18/c1-9(2)10-7-5-6-8-11(10,3)4/h5-7,9H,8H2,1-4H3. The van der Waals surface area contributed by atoms with Crippen LogP contribution in [-0.4, -0.2) is 0 Å². The highest BCUT2D eigenvalue weighted by molar-refractivity contribution is 5.25. The van der Waals surface area contributed by atoms with Crippen molar-refractivity contribution in [1.29, 1.82) is 0 Å². The van der Waals surface area contributed by atoms with Gasteiger partial charge < -0.3 is 0 Å². The molecule has 0 aromatic carbocycles. The second-order valence-corrected chi connectivity index (χ2v) is 4.29. The lowest BCUT2D eigenvalue weighted by molar-refractivity contribution is 0.404. The van der Waals surface area contributed by atoms with Crippen LogP contribution in [0.2, 0.25) is 0 Å². The molecule has 0 nitrogen and oxygen atoms in total. The average molecular weight is 150 g/mol. The van der Waals surface area contributed by atoms with Gasteiger partial charge in [-0.3, -0.25) is 0 Å². The first-order valence-electron chi connectivity index (χ1n) is 4.41. The summed E-state index contributed by atoms with van der Waals surface area (Å²) in [4.78, 5) is 0. The fourth-order valence-corrected chi connectivity index (χ4v) is 1.85. The second-order valence-electron chi connectivity index (χ2n) is 4.29. The van der Waals surface area contributed by atoms with Gasteiger partial charge in [-0.05, 0) is 17.8 Å². The van der Waals surface area contributed by atoms with Crippen molar-refractivity contribution in [2.45, 2.75) is 34.1 Å². The maximum absolute atomic E-state index is 2.32. The molecule has 11 heavy (non-hydrogen) atoms. The topological polar surface area (TPSA) is 0 Å². The Balaban J connectivity index is 2.88. The van der Waals surface area contributed by atoms with Crippen molar-refractivity contribution >= 4 is 0 Å². The molecule has 1 aliphatic carbocycles. The monoisotopic (exact) mass is 150 g/mol. The van der Waals surface area contributed by atoms with E-state index in [-0.39, 0.29) is 0 Å². The summed E-state index contributed by atoms with van der Waals surface area (Å²) >= 11 is 0. The van der Waals surface area contributed by atoms with E-state index in [9.17, 15) is 0 Å². The van der Waals surface area contributed by atoms with Crippen molar-refractivity contribution in [3.05, 3.63) is 23.8 Å². The van der Waals surface area contributed by atoms with Crippen LogP contribution < -0.4 is 0 Å². The first-order chi connectivity index (χ1) is 5.04. The minimum Gasteiger partial charge on any atom is -0.0837 e. The van der Waals surface area contributed by atoms with E-state index >= 15 is 0 Å².